The van der Waals surface area contributed by atoms with Gasteiger partial charge in [-0.25, -0.2) is 9.48 Å². The van der Waals surface area contributed by atoms with Gasteiger partial charge >= 0.3 is 6.09 Å². The van der Waals surface area contributed by atoms with Crippen LogP contribution in [0.4, 0.5) is 4.79 Å². The van der Waals surface area contributed by atoms with Crippen molar-refractivity contribution in [1.82, 2.24) is 19.6 Å². The second kappa shape index (κ2) is 9.64. The number of aromatic nitrogens is 2. The lowest BCUT2D eigenvalue weighted by atomic mass is 10.1. The predicted octanol–water partition coefficient (Wildman–Crippen LogP) is 3.62. The number of nitrogens with zero attached hydrogens (tertiary/aromatic N) is 4. The average Bonchev–Trinajstić information content (AvgIpc) is 2.70. The Balaban J connectivity index is 1.75. The van der Waals surface area contributed by atoms with Crippen molar-refractivity contribution in [3.8, 4) is 11.3 Å². The first kappa shape index (κ1) is 23.0. The van der Waals surface area contributed by atoms with E-state index in [1.165, 1.54) is 0 Å². The van der Waals surface area contributed by atoms with Crippen molar-refractivity contribution < 1.29 is 9.53 Å². The molecule has 2 aromatic rings. The van der Waals surface area contributed by atoms with E-state index in [0.29, 0.717) is 45.2 Å². The summed E-state index contributed by atoms with van der Waals surface area (Å²) in [6, 6.07) is 11.9. The van der Waals surface area contributed by atoms with Crippen LogP contribution < -0.4 is 5.56 Å². The molecule has 1 aromatic carbocycles. The van der Waals surface area contributed by atoms with E-state index in [2.05, 4.69) is 23.8 Å². The van der Waals surface area contributed by atoms with Crippen LogP contribution in [0.3, 0.4) is 0 Å². The molecule has 0 radical (unpaired) electrons. The monoisotopic (exact) mass is 426 g/mol. The molecule has 0 aliphatic carbocycles. The van der Waals surface area contributed by atoms with Gasteiger partial charge in [-0.1, -0.05) is 44.2 Å². The molecule has 1 aliphatic rings. The first-order valence-electron chi connectivity index (χ1n) is 11.0. The van der Waals surface area contributed by atoms with Gasteiger partial charge in [0.1, 0.15) is 5.60 Å². The largest absolute Gasteiger partial charge is 0.444 e. The highest BCUT2D eigenvalue weighted by molar-refractivity contribution is 5.68. The lowest BCUT2D eigenvalue weighted by Gasteiger charge is -2.35. The van der Waals surface area contributed by atoms with Gasteiger partial charge in [0.15, 0.2) is 0 Å². The number of benzene rings is 1. The fourth-order valence-corrected chi connectivity index (χ4v) is 3.59. The minimum atomic E-state index is -0.499. The Kier molecular flexibility index (Phi) is 7.15. The van der Waals surface area contributed by atoms with E-state index in [4.69, 9.17) is 4.74 Å². The van der Waals surface area contributed by atoms with Gasteiger partial charge in [-0.2, -0.15) is 5.10 Å². The fourth-order valence-electron chi connectivity index (χ4n) is 3.59. The molecule has 168 valence electrons. The molecule has 0 unspecified atom stereocenters. The van der Waals surface area contributed by atoms with E-state index in [1.807, 2.05) is 57.2 Å². The third kappa shape index (κ3) is 6.40. The maximum Gasteiger partial charge on any atom is 0.410 e. The molecule has 1 aromatic heterocycles. The smallest absolute Gasteiger partial charge is 0.410 e. The second-order valence-electron chi connectivity index (χ2n) is 9.55. The highest BCUT2D eigenvalue weighted by Crippen LogP contribution is 2.18. The quantitative estimate of drug-likeness (QED) is 0.731. The van der Waals surface area contributed by atoms with Crippen LogP contribution in [0.25, 0.3) is 11.3 Å². The van der Waals surface area contributed by atoms with Gasteiger partial charge < -0.3 is 9.64 Å². The standard InChI is InChI=1S/C24H34N4O3/c1-18(2)16-28-22(29)20(15-21(25-28)19-9-7-6-8-10-19)17-26-11-13-27(14-12-26)23(30)31-24(3,4)5/h6-10,15,18H,11-14,16-17H2,1-5H3. The van der Waals surface area contributed by atoms with Crippen LogP contribution in [0.15, 0.2) is 41.2 Å². The lowest BCUT2D eigenvalue weighted by Crippen LogP contribution is -2.50. The maximum atomic E-state index is 13.1. The van der Waals surface area contributed by atoms with Crippen LogP contribution >= 0.6 is 0 Å². The van der Waals surface area contributed by atoms with E-state index < -0.39 is 5.60 Å². The van der Waals surface area contributed by atoms with Crippen molar-refractivity contribution in [2.75, 3.05) is 26.2 Å². The van der Waals surface area contributed by atoms with Gasteiger partial charge in [-0.3, -0.25) is 9.69 Å². The summed E-state index contributed by atoms with van der Waals surface area (Å²) in [5.74, 6) is 0.321. The third-order valence-electron chi connectivity index (χ3n) is 5.07. The minimum absolute atomic E-state index is 0.0389. The van der Waals surface area contributed by atoms with Crippen molar-refractivity contribution in [2.45, 2.75) is 53.3 Å². The number of carbonyl (C=O) groups is 1. The summed E-state index contributed by atoms with van der Waals surface area (Å²) in [6.45, 7) is 13.5. The maximum absolute atomic E-state index is 13.1. The molecule has 1 saturated heterocycles. The Morgan fingerprint density at radius 2 is 1.74 bits per heavy atom. The first-order chi connectivity index (χ1) is 14.6. The Bertz CT molecular complexity index is 940. The molecule has 7 nitrogen and oxygen atoms in total. The Hall–Kier alpha value is -2.67. The van der Waals surface area contributed by atoms with Gasteiger partial charge in [0.2, 0.25) is 0 Å². The van der Waals surface area contributed by atoms with Crippen molar-refractivity contribution in [3.05, 3.63) is 52.3 Å². The van der Waals surface area contributed by atoms with E-state index in [0.717, 1.165) is 16.8 Å². The van der Waals surface area contributed by atoms with Gasteiger partial charge in [0, 0.05) is 50.4 Å². The molecule has 0 bridgehead atoms. The van der Waals surface area contributed by atoms with Crippen molar-refractivity contribution in [1.29, 1.82) is 0 Å². The summed E-state index contributed by atoms with van der Waals surface area (Å²) in [5, 5.41) is 4.62. The zero-order chi connectivity index (χ0) is 22.6. The Morgan fingerprint density at radius 3 is 2.32 bits per heavy atom. The SMILES string of the molecule is CC(C)Cn1nc(-c2ccccc2)cc(CN2CCN(C(=O)OC(C)(C)C)CC2)c1=O. The van der Waals surface area contributed by atoms with Crippen LogP contribution in [0.5, 0.6) is 0 Å². The Labute approximate surface area is 184 Å². The number of hydrogen-bond donors (Lipinski definition) is 0. The van der Waals surface area contributed by atoms with Crippen LogP contribution in [0, 0.1) is 5.92 Å². The highest BCUT2D eigenvalue weighted by atomic mass is 16.6. The van der Waals surface area contributed by atoms with Gasteiger partial charge in [0.05, 0.1) is 5.69 Å². The van der Waals surface area contributed by atoms with Crippen LogP contribution in [-0.4, -0.2) is 57.5 Å². The molecule has 0 N–H and O–H groups in total. The molecule has 0 spiro atoms. The summed E-state index contributed by atoms with van der Waals surface area (Å²) in [7, 11) is 0. The summed E-state index contributed by atoms with van der Waals surface area (Å²) >= 11 is 0. The molecular weight excluding hydrogens is 392 g/mol. The van der Waals surface area contributed by atoms with Crippen LogP contribution in [0.1, 0.15) is 40.2 Å². The zero-order valence-corrected chi connectivity index (χ0v) is 19.3. The zero-order valence-electron chi connectivity index (χ0n) is 19.3. The molecule has 0 saturated carbocycles. The molecule has 2 heterocycles. The number of amides is 1. The normalized spacial score (nSPS) is 15.4. The van der Waals surface area contributed by atoms with Gasteiger partial charge in [0.25, 0.3) is 5.56 Å². The molecule has 7 heteroatoms. The van der Waals surface area contributed by atoms with Gasteiger partial charge in [-0.05, 0) is 32.8 Å². The molecule has 0 atom stereocenters. The van der Waals surface area contributed by atoms with Gasteiger partial charge in [-0.15, -0.1) is 0 Å². The number of hydrogen-bond acceptors (Lipinski definition) is 5. The van der Waals surface area contributed by atoms with Crippen molar-refractivity contribution in [2.24, 2.45) is 5.92 Å². The molecule has 1 fully saturated rings. The fraction of sp³-hybridized carbons (Fsp3) is 0.542. The predicted molar refractivity (Wildman–Crippen MR) is 122 cm³/mol. The third-order valence-corrected chi connectivity index (χ3v) is 5.07. The Morgan fingerprint density at radius 1 is 1.10 bits per heavy atom. The number of ether oxygens (including phenoxy) is 1. The molecule has 1 amide bonds. The minimum Gasteiger partial charge on any atom is -0.444 e. The van der Waals surface area contributed by atoms with E-state index in [-0.39, 0.29) is 11.7 Å². The summed E-state index contributed by atoms with van der Waals surface area (Å²) < 4.78 is 7.07. The number of carbonyl (C=O) groups excluding carboxylic acids is 1. The second-order valence-corrected chi connectivity index (χ2v) is 9.55. The topological polar surface area (TPSA) is 67.7 Å². The lowest BCUT2D eigenvalue weighted by molar-refractivity contribution is 0.0138. The molecular formula is C24H34N4O3. The van der Waals surface area contributed by atoms with Crippen molar-refractivity contribution in [3.63, 3.8) is 0 Å². The molecule has 31 heavy (non-hydrogen) atoms. The van der Waals surface area contributed by atoms with Crippen molar-refractivity contribution >= 4 is 6.09 Å². The molecule has 3 rings (SSSR count). The van der Waals surface area contributed by atoms with Crippen LogP contribution in [-0.2, 0) is 17.8 Å². The molecule has 1 aliphatic heterocycles. The summed E-state index contributed by atoms with van der Waals surface area (Å²) in [5.41, 5.74) is 2.00. The van der Waals surface area contributed by atoms with E-state index in [1.54, 1.807) is 9.58 Å². The first-order valence-corrected chi connectivity index (χ1v) is 11.0. The highest BCUT2D eigenvalue weighted by Gasteiger charge is 2.26. The van der Waals surface area contributed by atoms with E-state index >= 15 is 0 Å². The summed E-state index contributed by atoms with van der Waals surface area (Å²) in [4.78, 5) is 29.3. The average molecular weight is 427 g/mol. The summed E-state index contributed by atoms with van der Waals surface area (Å²) in [6.07, 6.45) is -0.276. The number of piperazine rings is 1. The van der Waals surface area contributed by atoms with E-state index in [9.17, 15) is 9.59 Å². The number of rotatable bonds is 5. The van der Waals surface area contributed by atoms with Crippen LogP contribution in [0.2, 0.25) is 0 Å².